The van der Waals surface area contributed by atoms with Crippen LogP contribution in [0.25, 0.3) is 10.8 Å². The average Bonchev–Trinajstić information content (AvgIpc) is 2.22. The molecule has 0 saturated heterocycles. The monoisotopic (exact) mass is 183 g/mol. The molecule has 1 N–H and O–H groups in total. The fourth-order valence-electron chi connectivity index (χ4n) is 1.02. The SMILES string of the molecule is Cl.O=c1[nH]c(=O)c2ccc1cc2. The molecule has 62 valence electrons. The summed E-state index contributed by atoms with van der Waals surface area (Å²) in [4.78, 5) is 24.2. The van der Waals surface area contributed by atoms with E-state index in [2.05, 4.69) is 4.98 Å². The molecule has 2 bridgehead atoms. The summed E-state index contributed by atoms with van der Waals surface area (Å²) < 4.78 is 0. The lowest BCUT2D eigenvalue weighted by Gasteiger charge is -1.79. The number of rotatable bonds is 0. The summed E-state index contributed by atoms with van der Waals surface area (Å²) in [6.07, 6.45) is 0. The fourth-order valence-corrected chi connectivity index (χ4v) is 1.02. The zero-order valence-electron chi connectivity index (χ0n) is 6.03. The fraction of sp³-hybridized carbons (Fsp3) is 0. The Morgan fingerprint density at radius 2 is 1.17 bits per heavy atom. The van der Waals surface area contributed by atoms with E-state index in [0.29, 0.717) is 10.8 Å². The molecule has 2 heterocycles. The van der Waals surface area contributed by atoms with Crippen molar-refractivity contribution in [3.05, 3.63) is 45.0 Å². The molecule has 0 aliphatic rings. The van der Waals surface area contributed by atoms with E-state index in [1.54, 1.807) is 24.3 Å². The van der Waals surface area contributed by atoms with Crippen LogP contribution in [-0.2, 0) is 0 Å². The number of aromatic nitrogens is 1. The Bertz CT molecular complexity index is 427. The number of H-pyrrole nitrogens is 1. The second-order valence-electron chi connectivity index (χ2n) is 2.36. The van der Waals surface area contributed by atoms with E-state index in [-0.39, 0.29) is 23.5 Å². The molecule has 12 heavy (non-hydrogen) atoms. The molecule has 4 heteroatoms. The first kappa shape index (κ1) is 8.74. The molecule has 0 fully saturated rings. The smallest absolute Gasteiger partial charge is 0.258 e. The average molecular weight is 184 g/mol. The van der Waals surface area contributed by atoms with Crippen LogP contribution in [0.4, 0.5) is 0 Å². The molecule has 1 aromatic carbocycles. The molecule has 3 nitrogen and oxygen atoms in total. The third-order valence-corrected chi connectivity index (χ3v) is 1.64. The highest BCUT2D eigenvalue weighted by molar-refractivity contribution is 5.85. The number of benzene rings is 1. The van der Waals surface area contributed by atoms with Gasteiger partial charge in [0.05, 0.1) is 0 Å². The molecule has 3 aromatic rings. The van der Waals surface area contributed by atoms with Crippen LogP contribution in [0.5, 0.6) is 0 Å². The Morgan fingerprint density at radius 3 is 1.50 bits per heavy atom. The predicted octanol–water partition coefficient (Wildman–Crippen LogP) is 0.748. The molecule has 0 aliphatic heterocycles. The van der Waals surface area contributed by atoms with Crippen molar-refractivity contribution in [1.82, 2.24) is 4.98 Å². The second-order valence-corrected chi connectivity index (χ2v) is 2.36. The van der Waals surface area contributed by atoms with Crippen molar-refractivity contribution >= 4 is 23.2 Å². The summed E-state index contributed by atoms with van der Waals surface area (Å²) in [6.45, 7) is 0. The third-order valence-electron chi connectivity index (χ3n) is 1.64. The normalized spacial score (nSPS) is 9.67. The zero-order chi connectivity index (χ0) is 7.84. The predicted molar refractivity (Wildman–Crippen MR) is 49.3 cm³/mol. The minimum Gasteiger partial charge on any atom is -0.288 e. The summed E-state index contributed by atoms with van der Waals surface area (Å²) >= 11 is 0. The molecule has 2 aromatic heterocycles. The number of aromatic amines is 1. The summed E-state index contributed by atoms with van der Waals surface area (Å²) in [5, 5.41) is 1.05. The number of hydrogen-bond donors (Lipinski definition) is 1. The lowest BCUT2D eigenvalue weighted by atomic mass is 10.2. The highest BCUT2D eigenvalue weighted by atomic mass is 35.5. The standard InChI is InChI=1S/C8H5NO2.ClH/c10-7-5-1-2-6(4-3-5)8(11)9-7;/h1-4H,(H,9,10,11);1H. The number of fused-ring (bicyclic) bond motifs is 4. The maximum absolute atomic E-state index is 11.0. The Morgan fingerprint density at radius 1 is 0.833 bits per heavy atom. The lowest BCUT2D eigenvalue weighted by molar-refractivity contribution is 1.24. The van der Waals surface area contributed by atoms with Gasteiger partial charge in [0.25, 0.3) is 11.1 Å². The van der Waals surface area contributed by atoms with Crippen LogP contribution in [-0.4, -0.2) is 4.98 Å². The van der Waals surface area contributed by atoms with Gasteiger partial charge < -0.3 is 0 Å². The van der Waals surface area contributed by atoms with Gasteiger partial charge in [0.2, 0.25) is 0 Å². The molecule has 0 unspecified atom stereocenters. The van der Waals surface area contributed by atoms with Crippen molar-refractivity contribution in [3.8, 4) is 0 Å². The number of hydrogen-bond acceptors (Lipinski definition) is 2. The summed E-state index contributed by atoms with van der Waals surface area (Å²) in [5.41, 5.74) is -0.648. The first-order valence-corrected chi connectivity index (χ1v) is 3.23. The van der Waals surface area contributed by atoms with Gasteiger partial charge in [0.1, 0.15) is 0 Å². The largest absolute Gasteiger partial charge is 0.288 e. The molecule has 0 aliphatic carbocycles. The number of nitrogens with one attached hydrogen (secondary N) is 1. The van der Waals surface area contributed by atoms with Gasteiger partial charge >= 0.3 is 0 Å². The van der Waals surface area contributed by atoms with Crippen LogP contribution in [0, 0.1) is 0 Å². The van der Waals surface area contributed by atoms with Crippen LogP contribution < -0.4 is 11.1 Å². The zero-order valence-corrected chi connectivity index (χ0v) is 6.85. The van der Waals surface area contributed by atoms with Crippen LogP contribution >= 0.6 is 12.4 Å². The first-order valence-electron chi connectivity index (χ1n) is 3.23. The van der Waals surface area contributed by atoms with Gasteiger partial charge in [-0.1, -0.05) is 0 Å². The molecule has 0 amide bonds. The van der Waals surface area contributed by atoms with E-state index >= 15 is 0 Å². The van der Waals surface area contributed by atoms with E-state index < -0.39 is 0 Å². The summed E-state index contributed by atoms with van der Waals surface area (Å²) in [6, 6.07) is 6.54. The van der Waals surface area contributed by atoms with Crippen LogP contribution in [0.1, 0.15) is 0 Å². The Labute approximate surface area is 73.8 Å². The minimum atomic E-state index is -0.324. The second kappa shape index (κ2) is 2.95. The maximum Gasteiger partial charge on any atom is 0.258 e. The van der Waals surface area contributed by atoms with Crippen molar-refractivity contribution in [1.29, 1.82) is 0 Å². The first-order chi connectivity index (χ1) is 5.27. The summed E-state index contributed by atoms with van der Waals surface area (Å²) in [7, 11) is 0. The molecular weight excluding hydrogens is 178 g/mol. The van der Waals surface area contributed by atoms with Crippen molar-refractivity contribution < 1.29 is 0 Å². The van der Waals surface area contributed by atoms with Gasteiger partial charge in [-0.25, -0.2) is 0 Å². The Hall–Kier alpha value is -1.35. The van der Waals surface area contributed by atoms with E-state index in [4.69, 9.17) is 0 Å². The van der Waals surface area contributed by atoms with E-state index in [0.717, 1.165) is 0 Å². The van der Waals surface area contributed by atoms with Gasteiger partial charge in [0.15, 0.2) is 0 Å². The van der Waals surface area contributed by atoms with E-state index in [1.165, 1.54) is 0 Å². The number of halogens is 1. The maximum atomic E-state index is 11.0. The highest BCUT2D eigenvalue weighted by Crippen LogP contribution is 1.98. The van der Waals surface area contributed by atoms with Crippen LogP contribution in [0.15, 0.2) is 33.9 Å². The van der Waals surface area contributed by atoms with Gasteiger partial charge in [0, 0.05) is 10.8 Å². The quantitative estimate of drug-likeness (QED) is 0.655. The lowest BCUT2D eigenvalue weighted by Crippen LogP contribution is -2.12. The molecule has 0 atom stereocenters. The van der Waals surface area contributed by atoms with Crippen molar-refractivity contribution in [2.75, 3.05) is 0 Å². The molecular formula is C8H6ClNO2. The Kier molecular flexibility index (Phi) is 2.15. The van der Waals surface area contributed by atoms with Gasteiger partial charge in [-0.05, 0) is 24.3 Å². The van der Waals surface area contributed by atoms with Gasteiger partial charge in [-0.3, -0.25) is 14.6 Å². The topological polar surface area (TPSA) is 49.9 Å². The van der Waals surface area contributed by atoms with Crippen LogP contribution in [0.2, 0.25) is 0 Å². The molecule has 0 radical (unpaired) electrons. The highest BCUT2D eigenvalue weighted by Gasteiger charge is 1.95. The minimum absolute atomic E-state index is 0. The van der Waals surface area contributed by atoms with Crippen molar-refractivity contribution in [3.63, 3.8) is 0 Å². The van der Waals surface area contributed by atoms with Gasteiger partial charge in [-0.2, -0.15) is 0 Å². The third kappa shape index (κ3) is 1.19. The molecule has 0 spiro atoms. The summed E-state index contributed by atoms with van der Waals surface area (Å²) in [5.74, 6) is 0. The van der Waals surface area contributed by atoms with Crippen molar-refractivity contribution in [2.45, 2.75) is 0 Å². The van der Waals surface area contributed by atoms with E-state index in [1.807, 2.05) is 0 Å². The van der Waals surface area contributed by atoms with Crippen molar-refractivity contribution in [2.24, 2.45) is 0 Å². The van der Waals surface area contributed by atoms with Gasteiger partial charge in [-0.15, -0.1) is 12.4 Å². The van der Waals surface area contributed by atoms with Crippen LogP contribution in [0.3, 0.4) is 0 Å². The molecule has 3 rings (SSSR count). The molecule has 0 saturated carbocycles. The van der Waals surface area contributed by atoms with E-state index in [9.17, 15) is 9.59 Å². The Balaban J connectivity index is 0.000000720.